The van der Waals surface area contributed by atoms with E-state index in [0.29, 0.717) is 46.4 Å². The normalized spacial score (nSPS) is 14.7. The molecule has 0 bridgehead atoms. The number of aromatic nitrogens is 3. The molecular weight excluding hydrogens is 544 g/mol. The van der Waals surface area contributed by atoms with E-state index in [-0.39, 0.29) is 24.2 Å². The van der Waals surface area contributed by atoms with Crippen LogP contribution in [0.25, 0.3) is 0 Å². The Bertz CT molecular complexity index is 1310. The van der Waals surface area contributed by atoms with Gasteiger partial charge in [0, 0.05) is 16.4 Å². The molecule has 4 rings (SSSR count). The molecule has 1 N–H and O–H groups in total. The van der Waals surface area contributed by atoms with E-state index in [9.17, 15) is 9.59 Å². The van der Waals surface area contributed by atoms with Gasteiger partial charge in [0.25, 0.3) is 0 Å². The number of nitrogens with zero attached hydrogens (tertiary/aromatic N) is 3. The summed E-state index contributed by atoms with van der Waals surface area (Å²) in [6.07, 6.45) is 2.76. The highest BCUT2D eigenvalue weighted by Gasteiger charge is 2.29. The van der Waals surface area contributed by atoms with Crippen molar-refractivity contribution in [2.24, 2.45) is 5.92 Å². The summed E-state index contributed by atoms with van der Waals surface area (Å²) in [5, 5.41) is 13.5. The maximum absolute atomic E-state index is 12.9. The predicted octanol–water partition coefficient (Wildman–Crippen LogP) is 6.24. The van der Waals surface area contributed by atoms with E-state index >= 15 is 0 Å². The molecule has 2 heterocycles. The fourth-order valence-corrected chi connectivity index (χ4v) is 6.88. The fourth-order valence-electron chi connectivity index (χ4n) is 4.54. The Balaban J connectivity index is 1.42. The van der Waals surface area contributed by atoms with E-state index in [1.165, 1.54) is 23.1 Å². The molecule has 3 aromatic rings. The fraction of sp³-hybridized carbons (Fsp3) is 0.481. The van der Waals surface area contributed by atoms with Crippen molar-refractivity contribution in [2.75, 3.05) is 17.7 Å². The van der Waals surface area contributed by atoms with Gasteiger partial charge in [0.1, 0.15) is 17.4 Å². The summed E-state index contributed by atoms with van der Waals surface area (Å²) in [6, 6.07) is 3.80. The molecule has 0 spiro atoms. The lowest BCUT2D eigenvalue weighted by Crippen LogP contribution is -2.18. The minimum Gasteiger partial charge on any atom is -0.486 e. The van der Waals surface area contributed by atoms with Gasteiger partial charge < -0.3 is 19.4 Å². The van der Waals surface area contributed by atoms with Gasteiger partial charge >= 0.3 is 5.97 Å². The van der Waals surface area contributed by atoms with Gasteiger partial charge in [-0.15, -0.1) is 21.5 Å². The molecule has 204 valence electrons. The second-order valence-electron chi connectivity index (χ2n) is 9.42. The summed E-state index contributed by atoms with van der Waals surface area (Å²) in [4.78, 5) is 26.8. The monoisotopic (exact) mass is 576 g/mol. The third kappa shape index (κ3) is 6.35. The first-order valence-electron chi connectivity index (χ1n) is 12.8. The number of ether oxygens (including phenoxy) is 2. The van der Waals surface area contributed by atoms with Gasteiger partial charge in [-0.25, -0.2) is 4.79 Å². The van der Waals surface area contributed by atoms with Crippen LogP contribution in [0.3, 0.4) is 0 Å². The lowest BCUT2D eigenvalue weighted by molar-refractivity contribution is -0.113. The van der Waals surface area contributed by atoms with Crippen LogP contribution in [0, 0.1) is 19.8 Å². The summed E-state index contributed by atoms with van der Waals surface area (Å²) >= 11 is 9.05. The second-order valence-corrected chi connectivity index (χ2v) is 11.8. The molecule has 0 aliphatic heterocycles. The van der Waals surface area contributed by atoms with E-state index in [1.54, 1.807) is 6.92 Å². The van der Waals surface area contributed by atoms with Crippen molar-refractivity contribution in [2.45, 2.75) is 72.2 Å². The van der Waals surface area contributed by atoms with Crippen molar-refractivity contribution < 1.29 is 19.1 Å². The largest absolute Gasteiger partial charge is 0.486 e. The number of anilines is 1. The maximum Gasteiger partial charge on any atom is 0.341 e. The molecule has 1 atom stereocenters. The quantitative estimate of drug-likeness (QED) is 0.225. The molecule has 0 radical (unpaired) electrons. The summed E-state index contributed by atoms with van der Waals surface area (Å²) in [7, 11) is 0. The van der Waals surface area contributed by atoms with Crippen LogP contribution in [0.5, 0.6) is 5.75 Å². The Morgan fingerprint density at radius 1 is 1.24 bits per heavy atom. The number of hydrogen-bond donors (Lipinski definition) is 1. The third-order valence-corrected chi connectivity index (χ3v) is 9.20. The van der Waals surface area contributed by atoms with Crippen LogP contribution in [-0.4, -0.2) is 39.0 Å². The van der Waals surface area contributed by atoms with Gasteiger partial charge in [0.2, 0.25) is 5.91 Å². The van der Waals surface area contributed by atoms with Gasteiger partial charge in [0.05, 0.1) is 17.9 Å². The third-order valence-electron chi connectivity index (χ3n) is 6.46. The van der Waals surface area contributed by atoms with Crippen molar-refractivity contribution in [1.29, 1.82) is 0 Å². The van der Waals surface area contributed by atoms with Crippen LogP contribution >= 0.6 is 34.7 Å². The highest BCUT2D eigenvalue weighted by atomic mass is 35.5. The van der Waals surface area contributed by atoms with E-state index in [0.717, 1.165) is 45.9 Å². The molecule has 0 fully saturated rings. The van der Waals surface area contributed by atoms with Crippen LogP contribution in [0.1, 0.15) is 64.9 Å². The molecule has 1 aromatic carbocycles. The second kappa shape index (κ2) is 12.5. The van der Waals surface area contributed by atoms with Crippen LogP contribution in [0.15, 0.2) is 17.3 Å². The Kier molecular flexibility index (Phi) is 9.38. The summed E-state index contributed by atoms with van der Waals surface area (Å²) in [5.74, 6) is 1.50. The molecule has 1 aliphatic carbocycles. The average molecular weight is 577 g/mol. The first kappa shape index (κ1) is 28.4. The number of thioether (sulfide) groups is 1. The summed E-state index contributed by atoms with van der Waals surface area (Å²) < 4.78 is 13.2. The number of carbonyl (C=O) groups excluding carboxylic acids is 2. The SMILES string of the molecule is CCOC(=O)c1c(NC(=O)CSc2nnc(COc3cc(C)c(Cl)c(C)c3)n2CC)sc2c1CCC(C)C2. The molecule has 0 saturated heterocycles. The van der Waals surface area contributed by atoms with Gasteiger partial charge in [0.15, 0.2) is 11.0 Å². The molecule has 2 aromatic heterocycles. The lowest BCUT2D eigenvalue weighted by atomic mass is 9.88. The smallest absolute Gasteiger partial charge is 0.341 e. The van der Waals surface area contributed by atoms with E-state index < -0.39 is 0 Å². The summed E-state index contributed by atoms with van der Waals surface area (Å²) in [6.45, 7) is 11.1. The number of fused-ring (bicyclic) bond motifs is 1. The first-order valence-corrected chi connectivity index (χ1v) is 15.0. The number of nitrogens with one attached hydrogen (secondary N) is 1. The van der Waals surface area contributed by atoms with Crippen molar-refractivity contribution >= 4 is 51.6 Å². The number of carbonyl (C=O) groups is 2. The van der Waals surface area contributed by atoms with E-state index in [2.05, 4.69) is 22.4 Å². The Hall–Kier alpha value is -2.56. The predicted molar refractivity (Wildman–Crippen MR) is 152 cm³/mol. The number of rotatable bonds is 10. The molecule has 1 unspecified atom stereocenters. The Morgan fingerprint density at radius 2 is 1.97 bits per heavy atom. The zero-order valence-electron chi connectivity index (χ0n) is 22.4. The highest BCUT2D eigenvalue weighted by molar-refractivity contribution is 7.99. The number of hydrogen-bond acceptors (Lipinski definition) is 8. The number of aryl methyl sites for hydroxylation is 2. The number of benzene rings is 1. The number of esters is 1. The molecule has 8 nitrogen and oxygen atoms in total. The highest BCUT2D eigenvalue weighted by Crippen LogP contribution is 2.40. The average Bonchev–Trinajstić information content (AvgIpc) is 3.44. The van der Waals surface area contributed by atoms with E-state index in [4.69, 9.17) is 21.1 Å². The van der Waals surface area contributed by atoms with E-state index in [1.807, 2.05) is 37.5 Å². The minimum absolute atomic E-state index is 0.135. The first-order chi connectivity index (χ1) is 18.2. The van der Waals surface area contributed by atoms with Gasteiger partial charge in [-0.1, -0.05) is 30.3 Å². The zero-order chi connectivity index (χ0) is 27.4. The number of thiophene rings is 1. The van der Waals surface area contributed by atoms with Gasteiger partial charge in [-0.05, 0) is 81.7 Å². The summed E-state index contributed by atoms with van der Waals surface area (Å²) in [5.41, 5.74) is 3.44. The minimum atomic E-state index is -0.371. The van der Waals surface area contributed by atoms with Gasteiger partial charge in [-0.2, -0.15) is 0 Å². The molecule has 1 amide bonds. The Morgan fingerprint density at radius 3 is 2.66 bits per heavy atom. The lowest BCUT2D eigenvalue weighted by Gasteiger charge is -2.18. The molecular formula is C27H33ClN4O4S2. The number of halogens is 1. The van der Waals surface area contributed by atoms with Crippen molar-refractivity contribution in [3.63, 3.8) is 0 Å². The Labute approximate surface area is 236 Å². The van der Waals surface area contributed by atoms with Crippen LogP contribution in [-0.2, 0) is 35.5 Å². The molecule has 11 heteroatoms. The topological polar surface area (TPSA) is 95.3 Å². The zero-order valence-corrected chi connectivity index (χ0v) is 24.7. The molecule has 38 heavy (non-hydrogen) atoms. The van der Waals surface area contributed by atoms with Crippen molar-refractivity contribution in [1.82, 2.24) is 14.8 Å². The molecule has 0 saturated carbocycles. The number of amides is 1. The van der Waals surface area contributed by atoms with Crippen LogP contribution in [0.4, 0.5) is 5.00 Å². The van der Waals surface area contributed by atoms with Crippen LogP contribution in [0.2, 0.25) is 5.02 Å². The molecule has 1 aliphatic rings. The van der Waals surface area contributed by atoms with Crippen LogP contribution < -0.4 is 10.1 Å². The van der Waals surface area contributed by atoms with Crippen molar-refractivity contribution in [3.8, 4) is 5.75 Å². The maximum atomic E-state index is 12.9. The van der Waals surface area contributed by atoms with Crippen molar-refractivity contribution in [3.05, 3.63) is 50.1 Å². The van der Waals surface area contributed by atoms with Gasteiger partial charge in [-0.3, -0.25) is 4.79 Å². The standard InChI is InChI=1S/C27H33ClN4O4S2/c1-6-32-21(13-36-18-11-16(4)24(28)17(5)12-18)30-31-27(32)37-14-22(33)29-25-23(26(34)35-7-2)19-9-8-15(3)10-20(19)38-25/h11-12,15H,6-10,13-14H2,1-5H3,(H,29,33).